The first-order valence-corrected chi connectivity index (χ1v) is 7.64. The third-order valence-corrected chi connectivity index (χ3v) is 4.17. The van der Waals surface area contributed by atoms with Gasteiger partial charge in [0, 0.05) is 17.5 Å². The Labute approximate surface area is 137 Å². The van der Waals surface area contributed by atoms with E-state index in [1.165, 1.54) is 25.1 Å². The number of rotatable bonds is 3. The summed E-state index contributed by atoms with van der Waals surface area (Å²) in [7, 11) is 0. The number of halogens is 3. The van der Waals surface area contributed by atoms with Crippen LogP contribution in [0, 0.1) is 17.5 Å². The minimum absolute atomic E-state index is 0.110. The van der Waals surface area contributed by atoms with Crippen molar-refractivity contribution < 1.29 is 22.7 Å². The largest absolute Gasteiger partial charge is 0.490 e. The molecule has 3 nitrogen and oxygen atoms in total. The molecular weight excluding hydrogens is 319 g/mol. The molecule has 24 heavy (non-hydrogen) atoms. The predicted molar refractivity (Wildman–Crippen MR) is 82.2 cm³/mol. The quantitative estimate of drug-likeness (QED) is 0.925. The Kier molecular flexibility index (Phi) is 4.46. The van der Waals surface area contributed by atoms with Crippen LogP contribution in [0.1, 0.15) is 36.4 Å². The molecule has 0 radical (unpaired) electrons. The molecule has 1 aliphatic rings. The molecule has 2 aromatic rings. The standard InChI is InChI=1S/C18H16F3NO2/c1-10(16-12(19)5-3-6-13(16)20)18(23)22-15-8-9-24-17-11(15)4-2-7-14(17)21/h2-7,10,15H,8-9H2,1H3,(H,22,23)/t10?,15-/m0/s1. The van der Waals surface area contributed by atoms with Gasteiger partial charge in [-0.1, -0.05) is 18.2 Å². The minimum atomic E-state index is -1.01. The van der Waals surface area contributed by atoms with Crippen LogP contribution in [0.4, 0.5) is 13.2 Å². The Bertz CT molecular complexity index is 759. The molecule has 126 valence electrons. The van der Waals surface area contributed by atoms with Crippen LogP contribution in [0.15, 0.2) is 36.4 Å². The predicted octanol–water partition coefficient (Wildman–Crippen LogP) is 3.85. The summed E-state index contributed by atoms with van der Waals surface area (Å²) in [4.78, 5) is 12.4. The van der Waals surface area contributed by atoms with Gasteiger partial charge in [0.15, 0.2) is 11.6 Å². The molecule has 2 aromatic carbocycles. The molecule has 0 bridgehead atoms. The average molecular weight is 335 g/mol. The van der Waals surface area contributed by atoms with Gasteiger partial charge in [-0.25, -0.2) is 13.2 Å². The number of benzene rings is 2. The van der Waals surface area contributed by atoms with Crippen molar-refractivity contribution in [2.24, 2.45) is 0 Å². The lowest BCUT2D eigenvalue weighted by atomic mass is 9.96. The van der Waals surface area contributed by atoms with Crippen LogP contribution in [0.2, 0.25) is 0 Å². The first-order valence-electron chi connectivity index (χ1n) is 7.64. The molecule has 1 aliphatic heterocycles. The van der Waals surface area contributed by atoms with Crippen molar-refractivity contribution in [3.63, 3.8) is 0 Å². The lowest BCUT2D eigenvalue weighted by Gasteiger charge is -2.28. The zero-order chi connectivity index (χ0) is 17.3. The summed E-state index contributed by atoms with van der Waals surface area (Å²) >= 11 is 0. The van der Waals surface area contributed by atoms with Gasteiger partial charge in [0.1, 0.15) is 11.6 Å². The van der Waals surface area contributed by atoms with E-state index >= 15 is 0 Å². The summed E-state index contributed by atoms with van der Waals surface area (Å²) in [5.74, 6) is -3.46. The average Bonchev–Trinajstić information content (AvgIpc) is 2.55. The van der Waals surface area contributed by atoms with E-state index in [2.05, 4.69) is 5.32 Å². The molecule has 1 unspecified atom stereocenters. The van der Waals surface area contributed by atoms with E-state index < -0.39 is 35.3 Å². The highest BCUT2D eigenvalue weighted by atomic mass is 19.1. The maximum Gasteiger partial charge on any atom is 0.227 e. The van der Waals surface area contributed by atoms with E-state index in [9.17, 15) is 18.0 Å². The fourth-order valence-electron chi connectivity index (χ4n) is 2.89. The lowest BCUT2D eigenvalue weighted by molar-refractivity contribution is -0.123. The maximum absolute atomic E-state index is 13.8. The van der Waals surface area contributed by atoms with Gasteiger partial charge in [-0.15, -0.1) is 0 Å². The normalized spacial score (nSPS) is 17.6. The summed E-state index contributed by atoms with van der Waals surface area (Å²) in [6, 6.07) is 7.48. The number of hydrogen-bond acceptors (Lipinski definition) is 2. The van der Waals surface area contributed by atoms with Crippen LogP contribution in [-0.2, 0) is 4.79 Å². The molecule has 2 atom stereocenters. The smallest absolute Gasteiger partial charge is 0.227 e. The van der Waals surface area contributed by atoms with Crippen molar-refractivity contribution in [1.29, 1.82) is 0 Å². The fraction of sp³-hybridized carbons (Fsp3) is 0.278. The number of amides is 1. The molecule has 0 saturated carbocycles. The molecule has 1 N–H and O–H groups in total. The van der Waals surface area contributed by atoms with Crippen LogP contribution in [-0.4, -0.2) is 12.5 Å². The van der Waals surface area contributed by atoms with E-state index in [-0.39, 0.29) is 17.9 Å². The van der Waals surface area contributed by atoms with Gasteiger partial charge < -0.3 is 10.1 Å². The van der Waals surface area contributed by atoms with E-state index in [0.717, 1.165) is 12.1 Å². The molecule has 0 aliphatic carbocycles. The Morgan fingerprint density at radius 1 is 1.12 bits per heavy atom. The molecule has 0 spiro atoms. The Morgan fingerprint density at radius 3 is 2.46 bits per heavy atom. The van der Waals surface area contributed by atoms with Gasteiger partial charge in [0.2, 0.25) is 5.91 Å². The number of nitrogens with one attached hydrogen (secondary N) is 1. The SMILES string of the molecule is CC(C(=O)N[C@H]1CCOc2c(F)cccc21)c1c(F)cccc1F. The summed E-state index contributed by atoms with van der Waals surface area (Å²) < 4.78 is 46.8. The summed E-state index contributed by atoms with van der Waals surface area (Å²) in [5.41, 5.74) is 0.248. The molecule has 1 amide bonds. The Balaban J connectivity index is 1.83. The molecular formula is C18H16F3NO2. The summed E-state index contributed by atoms with van der Waals surface area (Å²) in [6.45, 7) is 1.68. The zero-order valence-corrected chi connectivity index (χ0v) is 13.0. The number of carbonyl (C=O) groups is 1. The molecule has 1 heterocycles. The van der Waals surface area contributed by atoms with Crippen molar-refractivity contribution in [3.05, 3.63) is 65.0 Å². The summed E-state index contributed by atoms with van der Waals surface area (Å²) in [6.07, 6.45) is 0.453. The van der Waals surface area contributed by atoms with E-state index in [4.69, 9.17) is 4.74 Å². The number of fused-ring (bicyclic) bond motifs is 1. The van der Waals surface area contributed by atoms with Gasteiger partial charge >= 0.3 is 0 Å². The monoisotopic (exact) mass is 335 g/mol. The van der Waals surface area contributed by atoms with Gasteiger partial charge in [0.25, 0.3) is 0 Å². The van der Waals surface area contributed by atoms with Crippen LogP contribution < -0.4 is 10.1 Å². The van der Waals surface area contributed by atoms with Crippen molar-refractivity contribution in [2.45, 2.75) is 25.3 Å². The Morgan fingerprint density at radius 2 is 1.75 bits per heavy atom. The number of ether oxygens (including phenoxy) is 1. The van der Waals surface area contributed by atoms with Crippen molar-refractivity contribution in [2.75, 3.05) is 6.61 Å². The minimum Gasteiger partial charge on any atom is -0.490 e. The fourth-order valence-corrected chi connectivity index (χ4v) is 2.89. The van der Waals surface area contributed by atoms with Crippen LogP contribution in [0.3, 0.4) is 0 Å². The zero-order valence-electron chi connectivity index (χ0n) is 13.0. The second kappa shape index (κ2) is 6.55. The maximum atomic E-state index is 13.8. The van der Waals surface area contributed by atoms with Gasteiger partial charge in [-0.05, 0) is 25.1 Å². The van der Waals surface area contributed by atoms with E-state index in [1.54, 1.807) is 6.07 Å². The topological polar surface area (TPSA) is 38.3 Å². The van der Waals surface area contributed by atoms with Gasteiger partial charge in [0.05, 0.1) is 18.6 Å². The second-order valence-electron chi connectivity index (χ2n) is 5.71. The molecule has 6 heteroatoms. The van der Waals surface area contributed by atoms with Gasteiger partial charge in [-0.2, -0.15) is 0 Å². The van der Waals surface area contributed by atoms with Crippen molar-refractivity contribution in [1.82, 2.24) is 5.32 Å². The summed E-state index contributed by atoms with van der Waals surface area (Å²) in [5, 5.41) is 2.74. The number of carbonyl (C=O) groups excluding carboxylic acids is 1. The highest BCUT2D eigenvalue weighted by Crippen LogP contribution is 2.34. The molecule has 3 rings (SSSR count). The lowest BCUT2D eigenvalue weighted by Crippen LogP contribution is -2.35. The Hall–Kier alpha value is -2.50. The van der Waals surface area contributed by atoms with Crippen LogP contribution in [0.5, 0.6) is 5.75 Å². The molecule has 0 saturated heterocycles. The van der Waals surface area contributed by atoms with Crippen LogP contribution in [0.25, 0.3) is 0 Å². The van der Waals surface area contributed by atoms with Crippen LogP contribution >= 0.6 is 0 Å². The highest BCUT2D eigenvalue weighted by Gasteiger charge is 2.29. The molecule has 0 fully saturated rings. The first kappa shape index (κ1) is 16.4. The second-order valence-corrected chi connectivity index (χ2v) is 5.71. The first-order chi connectivity index (χ1) is 11.5. The van der Waals surface area contributed by atoms with E-state index in [0.29, 0.717) is 12.0 Å². The van der Waals surface area contributed by atoms with E-state index in [1.807, 2.05) is 0 Å². The van der Waals surface area contributed by atoms with Gasteiger partial charge in [-0.3, -0.25) is 4.79 Å². The third kappa shape index (κ3) is 2.96. The van der Waals surface area contributed by atoms with Crippen molar-refractivity contribution in [3.8, 4) is 5.75 Å². The number of para-hydroxylation sites is 1. The highest BCUT2D eigenvalue weighted by molar-refractivity contribution is 5.83. The third-order valence-electron chi connectivity index (χ3n) is 4.17. The van der Waals surface area contributed by atoms with Crippen molar-refractivity contribution >= 4 is 5.91 Å². The molecule has 0 aromatic heterocycles. The number of hydrogen-bond donors (Lipinski definition) is 1.